The van der Waals surface area contributed by atoms with Crippen LogP contribution >= 0.6 is 0 Å². The normalized spacial score (nSPS) is 35.2. The molecule has 13 heavy (non-hydrogen) atoms. The molecular weight excluding hydrogens is 186 g/mol. The number of hydrogen-bond acceptors (Lipinski definition) is 2. The summed E-state index contributed by atoms with van der Waals surface area (Å²) >= 11 is 0. The number of nitrogens with zero attached hydrogens (tertiary/aromatic N) is 1. The molecule has 0 aromatic carbocycles. The Morgan fingerprint density at radius 2 is 1.77 bits per heavy atom. The van der Waals surface area contributed by atoms with Gasteiger partial charge in [0.15, 0.2) is 0 Å². The van der Waals surface area contributed by atoms with E-state index in [1.165, 1.54) is 19.3 Å². The van der Waals surface area contributed by atoms with E-state index in [-0.39, 0.29) is 5.75 Å². The monoisotopic (exact) mass is 203 g/mol. The summed E-state index contributed by atoms with van der Waals surface area (Å²) in [7, 11) is -2.91. The fraction of sp³-hybridized carbons (Fsp3) is 1.00. The molecule has 0 aromatic rings. The van der Waals surface area contributed by atoms with E-state index in [4.69, 9.17) is 0 Å². The average molecular weight is 203 g/mol. The molecule has 2 unspecified atom stereocenters. The molecule has 1 saturated heterocycles. The van der Waals surface area contributed by atoms with Crippen molar-refractivity contribution in [2.75, 3.05) is 18.8 Å². The van der Waals surface area contributed by atoms with Crippen LogP contribution in [-0.2, 0) is 10.0 Å². The molecule has 1 saturated carbocycles. The summed E-state index contributed by atoms with van der Waals surface area (Å²) in [5.74, 6) is 1.59. The van der Waals surface area contributed by atoms with Crippen molar-refractivity contribution < 1.29 is 8.42 Å². The second-order valence-electron chi connectivity index (χ2n) is 4.17. The molecule has 0 amide bonds. The Morgan fingerprint density at radius 3 is 2.23 bits per heavy atom. The van der Waals surface area contributed by atoms with Crippen LogP contribution in [-0.4, -0.2) is 31.6 Å². The number of rotatable bonds is 2. The van der Waals surface area contributed by atoms with Gasteiger partial charge in [-0.05, 0) is 31.6 Å². The molecule has 76 valence electrons. The van der Waals surface area contributed by atoms with Crippen LogP contribution < -0.4 is 0 Å². The van der Waals surface area contributed by atoms with Crippen LogP contribution in [0.5, 0.6) is 0 Å². The number of sulfonamides is 1. The quantitative estimate of drug-likeness (QED) is 0.673. The summed E-state index contributed by atoms with van der Waals surface area (Å²) < 4.78 is 24.8. The Balaban J connectivity index is 2.07. The molecule has 1 heterocycles. The second kappa shape index (κ2) is 3.24. The fourth-order valence-corrected chi connectivity index (χ4v) is 3.80. The third kappa shape index (κ3) is 1.62. The highest BCUT2D eigenvalue weighted by Crippen LogP contribution is 2.38. The van der Waals surface area contributed by atoms with E-state index in [2.05, 4.69) is 0 Å². The van der Waals surface area contributed by atoms with E-state index >= 15 is 0 Å². The summed E-state index contributed by atoms with van der Waals surface area (Å²) in [6.07, 6.45) is 3.77. The van der Waals surface area contributed by atoms with Crippen LogP contribution in [0.25, 0.3) is 0 Å². The molecule has 2 aliphatic rings. The minimum absolute atomic E-state index is 0.256. The Morgan fingerprint density at radius 1 is 1.23 bits per heavy atom. The smallest absolute Gasteiger partial charge is 0.212 e. The molecule has 0 bridgehead atoms. The van der Waals surface area contributed by atoms with E-state index in [1.807, 2.05) is 0 Å². The van der Waals surface area contributed by atoms with Gasteiger partial charge in [0, 0.05) is 13.1 Å². The van der Waals surface area contributed by atoms with Gasteiger partial charge in [0.2, 0.25) is 10.0 Å². The highest BCUT2D eigenvalue weighted by Gasteiger charge is 2.40. The molecule has 0 N–H and O–H groups in total. The van der Waals surface area contributed by atoms with Crippen LogP contribution in [0.15, 0.2) is 0 Å². The fourth-order valence-electron chi connectivity index (χ4n) is 2.60. The molecule has 1 aliphatic carbocycles. The summed E-state index contributed by atoms with van der Waals surface area (Å²) in [6.45, 7) is 3.31. The first-order valence-corrected chi connectivity index (χ1v) is 6.72. The maximum atomic E-state index is 11.6. The van der Waals surface area contributed by atoms with Gasteiger partial charge in [-0.1, -0.05) is 6.42 Å². The first kappa shape index (κ1) is 9.46. The molecule has 1 aliphatic heterocycles. The van der Waals surface area contributed by atoms with Gasteiger partial charge in [-0.15, -0.1) is 0 Å². The minimum Gasteiger partial charge on any atom is -0.212 e. The maximum absolute atomic E-state index is 11.6. The van der Waals surface area contributed by atoms with Gasteiger partial charge in [-0.25, -0.2) is 12.7 Å². The molecule has 0 spiro atoms. The van der Waals surface area contributed by atoms with Gasteiger partial charge in [0.1, 0.15) is 0 Å². The van der Waals surface area contributed by atoms with Gasteiger partial charge in [-0.2, -0.15) is 0 Å². The standard InChI is InChI=1S/C9H17NO2S/c1-2-13(11,12)10-6-8-4-3-5-9(8)7-10/h8-9H,2-7H2,1H3. The summed E-state index contributed by atoms with van der Waals surface area (Å²) in [5.41, 5.74) is 0. The SMILES string of the molecule is CCS(=O)(=O)N1CC2CCCC2C1. The molecule has 0 radical (unpaired) electrons. The minimum atomic E-state index is -2.91. The maximum Gasteiger partial charge on any atom is 0.213 e. The Bertz CT molecular complexity index is 274. The van der Waals surface area contributed by atoms with Crippen LogP contribution in [0.2, 0.25) is 0 Å². The van der Waals surface area contributed by atoms with Crippen molar-refractivity contribution >= 4 is 10.0 Å². The molecule has 2 fully saturated rings. The zero-order valence-corrected chi connectivity index (χ0v) is 8.89. The lowest BCUT2D eigenvalue weighted by Crippen LogP contribution is -2.30. The van der Waals surface area contributed by atoms with Gasteiger partial charge in [0.25, 0.3) is 0 Å². The zero-order valence-electron chi connectivity index (χ0n) is 8.07. The largest absolute Gasteiger partial charge is 0.213 e. The van der Waals surface area contributed by atoms with Crippen molar-refractivity contribution in [2.45, 2.75) is 26.2 Å². The van der Waals surface area contributed by atoms with Gasteiger partial charge < -0.3 is 0 Å². The van der Waals surface area contributed by atoms with Crippen molar-refractivity contribution in [1.29, 1.82) is 0 Å². The molecule has 0 aromatic heterocycles. The molecule has 4 heteroatoms. The van der Waals surface area contributed by atoms with E-state index in [0.717, 1.165) is 13.1 Å². The number of hydrogen-bond donors (Lipinski definition) is 0. The Kier molecular flexibility index (Phi) is 2.36. The third-order valence-corrected chi connectivity index (χ3v) is 5.27. The van der Waals surface area contributed by atoms with Gasteiger partial charge in [-0.3, -0.25) is 0 Å². The zero-order chi connectivity index (χ0) is 9.47. The lowest BCUT2D eigenvalue weighted by atomic mass is 10.0. The lowest BCUT2D eigenvalue weighted by Gasteiger charge is -2.15. The van der Waals surface area contributed by atoms with E-state index < -0.39 is 10.0 Å². The highest BCUT2D eigenvalue weighted by molar-refractivity contribution is 7.89. The highest BCUT2D eigenvalue weighted by atomic mass is 32.2. The first-order chi connectivity index (χ1) is 6.13. The summed E-state index contributed by atoms with van der Waals surface area (Å²) in [4.78, 5) is 0. The number of fused-ring (bicyclic) bond motifs is 1. The predicted octanol–water partition coefficient (Wildman–Crippen LogP) is 1.07. The van der Waals surface area contributed by atoms with Crippen LogP contribution in [0, 0.1) is 11.8 Å². The second-order valence-corrected chi connectivity index (χ2v) is 6.43. The van der Waals surface area contributed by atoms with Crippen LogP contribution in [0.1, 0.15) is 26.2 Å². The third-order valence-electron chi connectivity index (χ3n) is 3.45. The van der Waals surface area contributed by atoms with Crippen molar-refractivity contribution in [3.63, 3.8) is 0 Å². The van der Waals surface area contributed by atoms with Crippen molar-refractivity contribution in [3.8, 4) is 0 Å². The molecule has 2 rings (SSSR count). The van der Waals surface area contributed by atoms with Crippen molar-refractivity contribution in [1.82, 2.24) is 4.31 Å². The van der Waals surface area contributed by atoms with Crippen molar-refractivity contribution in [3.05, 3.63) is 0 Å². The summed E-state index contributed by atoms with van der Waals surface area (Å²) in [6, 6.07) is 0. The van der Waals surface area contributed by atoms with Gasteiger partial charge in [0.05, 0.1) is 5.75 Å². The first-order valence-electron chi connectivity index (χ1n) is 5.11. The molecule has 3 nitrogen and oxygen atoms in total. The predicted molar refractivity (Wildman–Crippen MR) is 51.9 cm³/mol. The average Bonchev–Trinajstić information content (AvgIpc) is 2.61. The van der Waals surface area contributed by atoms with Crippen LogP contribution in [0.4, 0.5) is 0 Å². The topological polar surface area (TPSA) is 37.4 Å². The Hall–Kier alpha value is -0.0900. The van der Waals surface area contributed by atoms with Gasteiger partial charge >= 0.3 is 0 Å². The van der Waals surface area contributed by atoms with Crippen molar-refractivity contribution in [2.24, 2.45) is 11.8 Å². The summed E-state index contributed by atoms with van der Waals surface area (Å²) in [5, 5.41) is 0. The van der Waals surface area contributed by atoms with E-state index in [9.17, 15) is 8.42 Å². The van der Waals surface area contributed by atoms with Crippen LogP contribution in [0.3, 0.4) is 0 Å². The molecule has 2 atom stereocenters. The van der Waals surface area contributed by atoms with E-state index in [0.29, 0.717) is 11.8 Å². The lowest BCUT2D eigenvalue weighted by molar-refractivity contribution is 0.446. The molecular formula is C9H17NO2S. The van der Waals surface area contributed by atoms with E-state index in [1.54, 1.807) is 11.2 Å². The Labute approximate surface area is 80.2 Å².